The van der Waals surface area contributed by atoms with E-state index in [9.17, 15) is 0 Å². The summed E-state index contributed by atoms with van der Waals surface area (Å²) in [5.41, 5.74) is 5.49. The van der Waals surface area contributed by atoms with Crippen molar-refractivity contribution >= 4 is 39.5 Å². The molecule has 0 amide bonds. The van der Waals surface area contributed by atoms with Gasteiger partial charge >= 0.3 is 0 Å². The van der Waals surface area contributed by atoms with Crippen molar-refractivity contribution in [2.24, 2.45) is 0 Å². The van der Waals surface area contributed by atoms with Crippen LogP contribution < -0.4 is 15.1 Å². The van der Waals surface area contributed by atoms with E-state index in [-0.39, 0.29) is 12.1 Å². The van der Waals surface area contributed by atoms with Gasteiger partial charge in [0.25, 0.3) is 0 Å². The Morgan fingerprint density at radius 3 is 2.31 bits per heavy atom. The molecule has 194 valence electrons. The summed E-state index contributed by atoms with van der Waals surface area (Å²) in [5.74, 6) is 0. The van der Waals surface area contributed by atoms with Crippen molar-refractivity contribution in [1.29, 1.82) is 0 Å². The topological polar surface area (TPSA) is 45.6 Å². The van der Waals surface area contributed by atoms with Gasteiger partial charge in [0.15, 0.2) is 5.11 Å². The van der Waals surface area contributed by atoms with E-state index in [1.165, 1.54) is 16.5 Å². The molecule has 0 aliphatic carbocycles. The van der Waals surface area contributed by atoms with E-state index in [0.29, 0.717) is 5.11 Å². The number of fused-ring (bicyclic) bond motifs is 1. The lowest BCUT2D eigenvalue weighted by Crippen LogP contribution is -2.36. The fraction of sp³-hybridized carbons (Fsp3) is 0.188. The van der Waals surface area contributed by atoms with Crippen molar-refractivity contribution in [2.45, 2.75) is 12.1 Å². The predicted molar refractivity (Wildman–Crippen MR) is 161 cm³/mol. The molecule has 5 aromatic rings. The first-order chi connectivity index (χ1) is 19.3. The van der Waals surface area contributed by atoms with Gasteiger partial charge in [-0.25, -0.2) is 0 Å². The number of thiocarbonyl (C=S) groups is 1. The van der Waals surface area contributed by atoms with Gasteiger partial charge in [0.05, 0.1) is 24.9 Å². The van der Waals surface area contributed by atoms with Crippen molar-refractivity contribution in [1.82, 2.24) is 14.9 Å². The molecule has 2 aliphatic rings. The van der Waals surface area contributed by atoms with E-state index >= 15 is 0 Å². The van der Waals surface area contributed by atoms with Crippen LogP contribution in [0, 0.1) is 0 Å². The smallest absolute Gasteiger partial charge is 0.174 e. The monoisotopic (exact) mass is 531 g/mol. The molecule has 3 aromatic carbocycles. The Morgan fingerprint density at radius 1 is 0.769 bits per heavy atom. The van der Waals surface area contributed by atoms with Crippen molar-refractivity contribution in [3.63, 3.8) is 0 Å². The summed E-state index contributed by atoms with van der Waals surface area (Å²) in [6.07, 6.45) is 3.98. The highest BCUT2D eigenvalue weighted by atomic mass is 32.1. The maximum absolute atomic E-state index is 5.98. The van der Waals surface area contributed by atoms with Crippen LogP contribution in [0.1, 0.15) is 23.5 Å². The molecule has 2 aromatic heterocycles. The number of ether oxygens (including phenoxy) is 1. The normalized spacial score (nSPS) is 19.4. The first-order valence-corrected chi connectivity index (χ1v) is 13.8. The van der Waals surface area contributed by atoms with Crippen LogP contribution in [0.15, 0.2) is 109 Å². The standard InChI is InChI=1S/C32H29N5OS/c39-32-34-30(28-8-3-4-16-33-28)31(37(32)26-14-12-25(13-15-26)35-18-20-38-21-19-35)29-9-5-17-36(29)27-11-10-23-6-1-2-7-24(23)22-27/h1-17,22,30-31H,18-21H2,(H,34,39)/t30-,31+/m1/s1. The second-order valence-electron chi connectivity index (χ2n) is 9.95. The summed E-state index contributed by atoms with van der Waals surface area (Å²) in [4.78, 5) is 9.33. The van der Waals surface area contributed by atoms with Gasteiger partial charge in [0, 0.05) is 48.2 Å². The zero-order valence-electron chi connectivity index (χ0n) is 21.5. The van der Waals surface area contributed by atoms with Crippen LogP contribution in [0.3, 0.4) is 0 Å². The maximum Gasteiger partial charge on any atom is 0.174 e. The minimum absolute atomic E-state index is 0.0943. The number of anilines is 2. The molecule has 2 atom stereocenters. The highest BCUT2D eigenvalue weighted by Crippen LogP contribution is 2.42. The number of morpholine rings is 1. The van der Waals surface area contributed by atoms with Crippen LogP contribution in [-0.2, 0) is 4.74 Å². The van der Waals surface area contributed by atoms with Gasteiger partial charge in [0.2, 0.25) is 0 Å². The van der Waals surface area contributed by atoms with Crippen molar-refractivity contribution in [3.8, 4) is 5.69 Å². The minimum atomic E-state index is -0.105. The summed E-state index contributed by atoms with van der Waals surface area (Å²) in [7, 11) is 0. The van der Waals surface area contributed by atoms with E-state index in [2.05, 4.69) is 111 Å². The minimum Gasteiger partial charge on any atom is -0.378 e. The average molecular weight is 532 g/mol. The summed E-state index contributed by atoms with van der Waals surface area (Å²) in [6.45, 7) is 3.35. The number of nitrogens with zero attached hydrogens (tertiary/aromatic N) is 4. The van der Waals surface area contributed by atoms with Gasteiger partial charge in [-0.2, -0.15) is 0 Å². The van der Waals surface area contributed by atoms with Crippen molar-refractivity contribution < 1.29 is 4.74 Å². The first-order valence-electron chi connectivity index (χ1n) is 13.4. The van der Waals surface area contributed by atoms with Crippen LogP contribution in [-0.4, -0.2) is 41.0 Å². The summed E-state index contributed by atoms with van der Waals surface area (Å²) in [5, 5.41) is 6.74. The van der Waals surface area contributed by atoms with Crippen molar-refractivity contribution in [2.75, 3.05) is 36.1 Å². The molecular formula is C32H29N5OS. The number of benzene rings is 3. The van der Waals surface area contributed by atoms with E-state index < -0.39 is 0 Å². The molecule has 0 saturated carbocycles. The fourth-order valence-corrected chi connectivity index (χ4v) is 6.12. The third kappa shape index (κ3) is 4.43. The number of pyridine rings is 1. The third-order valence-corrected chi connectivity index (χ3v) is 8.01. The van der Waals surface area contributed by atoms with E-state index in [1.807, 2.05) is 18.3 Å². The number of aromatic nitrogens is 2. The molecule has 7 rings (SSSR count). The molecule has 0 radical (unpaired) electrons. The van der Waals surface area contributed by atoms with Crippen LogP contribution in [0.4, 0.5) is 11.4 Å². The van der Waals surface area contributed by atoms with Gasteiger partial charge in [-0.3, -0.25) is 4.98 Å². The quantitative estimate of drug-likeness (QED) is 0.279. The molecule has 0 unspecified atom stereocenters. The molecular weight excluding hydrogens is 502 g/mol. The van der Waals surface area contributed by atoms with E-state index in [1.54, 1.807) is 0 Å². The molecule has 1 N–H and O–H groups in total. The second-order valence-corrected chi connectivity index (χ2v) is 10.3. The summed E-state index contributed by atoms with van der Waals surface area (Å²) >= 11 is 5.98. The second kappa shape index (κ2) is 10.2. The van der Waals surface area contributed by atoms with Gasteiger partial charge < -0.3 is 24.4 Å². The van der Waals surface area contributed by atoms with Crippen LogP contribution in [0.5, 0.6) is 0 Å². The molecule has 6 nitrogen and oxygen atoms in total. The zero-order valence-corrected chi connectivity index (χ0v) is 22.3. The Morgan fingerprint density at radius 2 is 1.51 bits per heavy atom. The van der Waals surface area contributed by atoms with Crippen molar-refractivity contribution in [3.05, 3.63) is 121 Å². The fourth-order valence-electron chi connectivity index (χ4n) is 5.78. The highest BCUT2D eigenvalue weighted by Gasteiger charge is 2.42. The van der Waals surface area contributed by atoms with E-state index in [4.69, 9.17) is 21.9 Å². The summed E-state index contributed by atoms with van der Waals surface area (Å²) in [6, 6.07) is 34.0. The van der Waals surface area contributed by atoms with Crippen LogP contribution in [0.2, 0.25) is 0 Å². The predicted octanol–water partition coefficient (Wildman–Crippen LogP) is 6.04. The number of hydrogen-bond acceptors (Lipinski definition) is 4. The maximum atomic E-state index is 5.98. The lowest BCUT2D eigenvalue weighted by molar-refractivity contribution is 0.122. The Kier molecular flexibility index (Phi) is 6.23. The molecule has 0 bridgehead atoms. The largest absolute Gasteiger partial charge is 0.378 e. The Hall–Kier alpha value is -4.20. The Balaban J connectivity index is 1.31. The molecule has 7 heteroatoms. The zero-order chi connectivity index (χ0) is 26.2. The number of hydrogen-bond donors (Lipinski definition) is 1. The third-order valence-electron chi connectivity index (χ3n) is 7.70. The van der Waals surface area contributed by atoms with Crippen LogP contribution >= 0.6 is 12.2 Å². The van der Waals surface area contributed by atoms with Gasteiger partial charge in [-0.15, -0.1) is 0 Å². The van der Waals surface area contributed by atoms with Gasteiger partial charge in [-0.05, 0) is 83.7 Å². The molecule has 0 spiro atoms. The molecule has 2 saturated heterocycles. The average Bonchev–Trinajstić information content (AvgIpc) is 3.62. The molecule has 2 aliphatic heterocycles. The van der Waals surface area contributed by atoms with E-state index in [0.717, 1.165) is 49.1 Å². The molecule has 39 heavy (non-hydrogen) atoms. The molecule has 4 heterocycles. The number of nitrogens with one attached hydrogen (secondary N) is 1. The SMILES string of the molecule is S=C1N[C@H](c2ccccn2)[C@H](c2cccn2-c2ccc3ccccc3c2)N1c1ccc(N2CCOCC2)cc1. The van der Waals surface area contributed by atoms with Gasteiger partial charge in [-0.1, -0.05) is 36.4 Å². The Bertz CT molecular complexity index is 1610. The first kappa shape index (κ1) is 23.9. The highest BCUT2D eigenvalue weighted by molar-refractivity contribution is 7.80. The Labute approximate surface area is 233 Å². The molecule has 2 fully saturated rings. The summed E-state index contributed by atoms with van der Waals surface area (Å²) < 4.78 is 7.81. The van der Waals surface area contributed by atoms with Gasteiger partial charge in [0.1, 0.15) is 6.04 Å². The lowest BCUT2D eigenvalue weighted by atomic mass is 10.0. The lowest BCUT2D eigenvalue weighted by Gasteiger charge is -2.31. The number of rotatable bonds is 5. The van der Waals surface area contributed by atoms with Crippen LogP contribution in [0.25, 0.3) is 16.5 Å².